The Morgan fingerprint density at radius 1 is 1.21 bits per heavy atom. The van der Waals surface area contributed by atoms with Crippen LogP contribution in [0.5, 0.6) is 11.5 Å². The topological polar surface area (TPSA) is 128 Å². The molecule has 4 unspecified atom stereocenters. The lowest BCUT2D eigenvalue weighted by Gasteiger charge is -2.50. The molecule has 3 rings (SSSR count). The number of aliphatic hydroxyl groups is 2. The fourth-order valence-electron chi connectivity index (χ4n) is 6.14. The summed E-state index contributed by atoms with van der Waals surface area (Å²) >= 11 is 0. The lowest BCUT2D eigenvalue weighted by atomic mass is 9.63. The summed E-state index contributed by atoms with van der Waals surface area (Å²) in [6.45, 7) is 8.27. The van der Waals surface area contributed by atoms with E-state index in [1.54, 1.807) is 0 Å². The monoisotopic (exact) mass is 535 g/mol. The van der Waals surface area contributed by atoms with Gasteiger partial charge in [0.05, 0.1) is 13.2 Å². The number of nitrogens with zero attached hydrogens (tertiary/aromatic N) is 1. The van der Waals surface area contributed by atoms with Gasteiger partial charge in [0.15, 0.2) is 0 Å². The van der Waals surface area contributed by atoms with Crippen LogP contribution in [0.15, 0.2) is 12.1 Å². The molecule has 0 aromatic heterocycles. The van der Waals surface area contributed by atoms with Crippen LogP contribution in [0.4, 0.5) is 0 Å². The van der Waals surface area contributed by atoms with E-state index in [4.69, 9.17) is 9.47 Å². The highest BCUT2D eigenvalue weighted by Gasteiger charge is 2.50. The molecule has 1 aliphatic carbocycles. The van der Waals surface area contributed by atoms with Gasteiger partial charge in [0, 0.05) is 24.5 Å². The molecule has 0 spiro atoms. The summed E-state index contributed by atoms with van der Waals surface area (Å²) in [5.74, 6) is 0.694. The van der Waals surface area contributed by atoms with Crippen LogP contribution >= 0.6 is 0 Å². The van der Waals surface area contributed by atoms with Crippen LogP contribution in [0.1, 0.15) is 109 Å². The first kappa shape index (κ1) is 30.2. The Morgan fingerprint density at radius 2 is 1.97 bits per heavy atom. The van der Waals surface area contributed by atoms with Crippen molar-refractivity contribution in [2.75, 3.05) is 19.8 Å². The molecule has 9 nitrogen and oxygen atoms in total. The van der Waals surface area contributed by atoms with Crippen molar-refractivity contribution >= 4 is 5.97 Å². The Morgan fingerprint density at radius 3 is 2.63 bits per heavy atom. The first-order valence-corrected chi connectivity index (χ1v) is 14.1. The van der Waals surface area contributed by atoms with Crippen LogP contribution in [-0.4, -0.2) is 46.7 Å². The van der Waals surface area contributed by atoms with Crippen LogP contribution in [-0.2, 0) is 15.0 Å². The van der Waals surface area contributed by atoms with Gasteiger partial charge in [-0.05, 0) is 74.0 Å². The van der Waals surface area contributed by atoms with Crippen LogP contribution in [0, 0.1) is 22.0 Å². The Labute approximate surface area is 226 Å². The van der Waals surface area contributed by atoms with Crippen LogP contribution in [0.3, 0.4) is 0 Å². The van der Waals surface area contributed by atoms with Gasteiger partial charge in [0.2, 0.25) is 0 Å². The summed E-state index contributed by atoms with van der Waals surface area (Å²) in [7, 11) is 0. The summed E-state index contributed by atoms with van der Waals surface area (Å²) in [6.07, 6.45) is 8.07. The van der Waals surface area contributed by atoms with E-state index in [1.807, 2.05) is 19.1 Å². The zero-order chi connectivity index (χ0) is 27.9. The molecule has 0 amide bonds. The van der Waals surface area contributed by atoms with Crippen LogP contribution < -0.4 is 9.47 Å². The SMILES string of the molecule is CCCCCCC(C)(C)c1cc(OC(=O)CCCO[N+](=O)[O-])c2c(c1)OC(C)(CO)C1CCC(CO)CC21. The molecule has 214 valence electrons. The van der Waals surface area contributed by atoms with Crippen molar-refractivity contribution in [2.45, 2.75) is 109 Å². The number of unbranched alkanes of at least 4 members (excludes halogenated alkanes) is 3. The van der Waals surface area contributed by atoms with Crippen molar-refractivity contribution in [3.8, 4) is 11.5 Å². The summed E-state index contributed by atoms with van der Waals surface area (Å²) in [5.41, 5.74) is 0.850. The number of fused-ring (bicyclic) bond motifs is 3. The normalized spacial score (nSPS) is 24.6. The third-order valence-corrected chi connectivity index (χ3v) is 8.52. The molecule has 0 saturated heterocycles. The van der Waals surface area contributed by atoms with Crippen molar-refractivity contribution in [1.29, 1.82) is 0 Å². The molecule has 2 aliphatic rings. The number of ether oxygens (including phenoxy) is 2. The highest BCUT2D eigenvalue weighted by atomic mass is 16.9. The van der Waals surface area contributed by atoms with Crippen molar-refractivity contribution in [2.24, 2.45) is 11.8 Å². The Kier molecular flexibility index (Phi) is 10.4. The summed E-state index contributed by atoms with van der Waals surface area (Å²) < 4.78 is 12.5. The van der Waals surface area contributed by atoms with E-state index >= 15 is 0 Å². The highest BCUT2D eigenvalue weighted by molar-refractivity contribution is 5.73. The predicted molar refractivity (Wildman–Crippen MR) is 143 cm³/mol. The van der Waals surface area contributed by atoms with Gasteiger partial charge in [-0.25, -0.2) is 0 Å². The predicted octanol–water partition coefficient (Wildman–Crippen LogP) is 5.46. The zero-order valence-corrected chi connectivity index (χ0v) is 23.4. The molecular formula is C29H45NO8. The zero-order valence-electron chi connectivity index (χ0n) is 23.4. The first-order valence-electron chi connectivity index (χ1n) is 14.1. The summed E-state index contributed by atoms with van der Waals surface area (Å²) in [6, 6.07) is 4.00. The fraction of sp³-hybridized carbons (Fsp3) is 0.759. The molecule has 38 heavy (non-hydrogen) atoms. The van der Waals surface area contributed by atoms with E-state index in [-0.39, 0.29) is 55.8 Å². The second-order valence-corrected chi connectivity index (χ2v) is 11.9. The van der Waals surface area contributed by atoms with Gasteiger partial charge in [-0.2, -0.15) is 0 Å². The van der Waals surface area contributed by atoms with Gasteiger partial charge in [-0.1, -0.05) is 46.5 Å². The molecule has 1 aliphatic heterocycles. The standard InChI is InChI=1S/C29H45NO8/c1-5-6-7-8-13-28(2,3)21-16-24(37-26(33)10-9-14-36-30(34)35)27-22-15-20(18-31)11-12-23(22)29(4,19-32)38-25(27)17-21/h16-17,20,22-23,31-32H,5-15,18-19H2,1-4H3. The van der Waals surface area contributed by atoms with E-state index in [1.165, 1.54) is 6.42 Å². The minimum Gasteiger partial charge on any atom is -0.484 e. The number of carbonyl (C=O) groups is 1. The van der Waals surface area contributed by atoms with Gasteiger partial charge < -0.3 is 24.5 Å². The number of hydrogen-bond donors (Lipinski definition) is 2. The summed E-state index contributed by atoms with van der Waals surface area (Å²) in [4.78, 5) is 27.6. The smallest absolute Gasteiger partial charge is 0.311 e. The molecule has 9 heteroatoms. The van der Waals surface area contributed by atoms with Gasteiger partial charge in [-0.15, -0.1) is 10.1 Å². The van der Waals surface area contributed by atoms with Gasteiger partial charge in [0.1, 0.15) is 17.1 Å². The molecule has 1 aromatic rings. The minimum atomic E-state index is -0.871. The largest absolute Gasteiger partial charge is 0.484 e. The molecule has 1 saturated carbocycles. The van der Waals surface area contributed by atoms with Gasteiger partial charge in [0.25, 0.3) is 5.09 Å². The average Bonchev–Trinajstić information content (AvgIpc) is 2.88. The number of benzene rings is 1. The lowest BCUT2D eigenvalue weighted by molar-refractivity contribution is -0.757. The van der Waals surface area contributed by atoms with E-state index in [0.29, 0.717) is 17.9 Å². The maximum Gasteiger partial charge on any atom is 0.311 e. The third kappa shape index (κ3) is 7.17. The number of hydrogen-bond acceptors (Lipinski definition) is 8. The number of rotatable bonds is 14. The van der Waals surface area contributed by atoms with Crippen LogP contribution in [0.25, 0.3) is 0 Å². The van der Waals surface area contributed by atoms with E-state index < -0.39 is 16.7 Å². The minimum absolute atomic E-state index is 0.0154. The number of aliphatic hydroxyl groups excluding tert-OH is 2. The van der Waals surface area contributed by atoms with E-state index in [2.05, 4.69) is 25.6 Å². The molecule has 2 N–H and O–H groups in total. The van der Waals surface area contributed by atoms with Gasteiger partial charge in [-0.3, -0.25) is 4.79 Å². The molecule has 1 heterocycles. The molecule has 1 fully saturated rings. The van der Waals surface area contributed by atoms with E-state index in [0.717, 1.165) is 49.7 Å². The first-order chi connectivity index (χ1) is 18.0. The second-order valence-electron chi connectivity index (χ2n) is 11.9. The molecule has 4 atom stereocenters. The highest BCUT2D eigenvalue weighted by Crippen LogP contribution is 2.56. The maximum atomic E-state index is 12.8. The quantitative estimate of drug-likeness (QED) is 0.106. The Hall–Kier alpha value is -2.39. The van der Waals surface area contributed by atoms with Crippen molar-refractivity contribution in [3.05, 3.63) is 33.4 Å². The molecule has 1 aromatic carbocycles. The Balaban J connectivity index is 1.98. The fourth-order valence-corrected chi connectivity index (χ4v) is 6.14. The van der Waals surface area contributed by atoms with Crippen molar-refractivity contribution < 1.29 is 34.4 Å². The Bertz CT molecular complexity index is 964. The second kappa shape index (κ2) is 13.1. The number of esters is 1. The lowest BCUT2D eigenvalue weighted by Crippen LogP contribution is -2.52. The summed E-state index contributed by atoms with van der Waals surface area (Å²) in [5, 5.41) is 29.9. The van der Waals surface area contributed by atoms with Crippen LogP contribution in [0.2, 0.25) is 0 Å². The van der Waals surface area contributed by atoms with Crippen molar-refractivity contribution in [3.63, 3.8) is 0 Å². The number of carbonyl (C=O) groups excluding carboxylic acids is 1. The van der Waals surface area contributed by atoms with Gasteiger partial charge >= 0.3 is 5.97 Å². The third-order valence-electron chi connectivity index (χ3n) is 8.52. The molecule has 0 bridgehead atoms. The molecule has 0 radical (unpaired) electrons. The van der Waals surface area contributed by atoms with E-state index in [9.17, 15) is 25.1 Å². The average molecular weight is 536 g/mol. The maximum absolute atomic E-state index is 12.8. The van der Waals surface area contributed by atoms with Crippen molar-refractivity contribution in [1.82, 2.24) is 0 Å². The molecular weight excluding hydrogens is 490 g/mol.